The average molecular weight is 166 g/mol. The predicted octanol–water partition coefficient (Wildman–Crippen LogP) is 2.41. The molecule has 1 aliphatic rings. The monoisotopic (exact) mass is 165 g/mol. The molecule has 1 nitrogen and oxygen atoms in total. The van der Waals surface area contributed by atoms with Crippen molar-refractivity contribution < 1.29 is 0 Å². The van der Waals surface area contributed by atoms with Crippen LogP contribution in [-0.4, -0.2) is 0 Å². The van der Waals surface area contributed by atoms with Gasteiger partial charge in [-0.15, -0.1) is 0 Å². The summed E-state index contributed by atoms with van der Waals surface area (Å²) in [6.07, 6.45) is 3.98. The third kappa shape index (κ3) is 1.24. The predicted molar refractivity (Wildman–Crippen MR) is 47.3 cm³/mol. The van der Waals surface area contributed by atoms with Gasteiger partial charge in [0.25, 0.3) is 0 Å². The molecule has 0 saturated carbocycles. The van der Waals surface area contributed by atoms with Crippen LogP contribution in [-0.2, 0) is 6.54 Å². The van der Waals surface area contributed by atoms with Crippen LogP contribution in [0.25, 0.3) is 6.08 Å². The second-order valence-electron chi connectivity index (χ2n) is 2.56. The Labute approximate surface area is 70.7 Å². The zero-order chi connectivity index (χ0) is 7.68. The minimum atomic E-state index is 0.801. The fourth-order valence-corrected chi connectivity index (χ4v) is 1.38. The second kappa shape index (κ2) is 2.59. The summed E-state index contributed by atoms with van der Waals surface area (Å²) in [4.78, 5) is 0. The number of hydrogen-bond acceptors (Lipinski definition) is 1. The van der Waals surface area contributed by atoms with Crippen molar-refractivity contribution >= 4 is 17.7 Å². The van der Waals surface area contributed by atoms with Gasteiger partial charge in [-0.1, -0.05) is 17.7 Å². The van der Waals surface area contributed by atoms with Gasteiger partial charge >= 0.3 is 0 Å². The highest BCUT2D eigenvalue weighted by molar-refractivity contribution is 6.30. The Morgan fingerprint density at radius 1 is 1.36 bits per heavy atom. The van der Waals surface area contributed by atoms with E-state index in [4.69, 9.17) is 11.6 Å². The molecule has 0 saturated heterocycles. The molecule has 0 fully saturated rings. The van der Waals surface area contributed by atoms with Gasteiger partial charge in [-0.25, -0.2) is 0 Å². The molecule has 1 aliphatic heterocycles. The van der Waals surface area contributed by atoms with Crippen molar-refractivity contribution in [3.8, 4) is 0 Å². The molecule has 2 rings (SSSR count). The fourth-order valence-electron chi connectivity index (χ4n) is 1.20. The maximum Gasteiger partial charge on any atom is 0.0412 e. The summed E-state index contributed by atoms with van der Waals surface area (Å²) in [6.45, 7) is 0.906. The quantitative estimate of drug-likeness (QED) is 0.623. The number of fused-ring (bicyclic) bond motifs is 1. The van der Waals surface area contributed by atoms with Crippen LogP contribution in [0, 0.1) is 0 Å². The van der Waals surface area contributed by atoms with Crippen LogP contribution in [0.5, 0.6) is 0 Å². The first-order valence-electron chi connectivity index (χ1n) is 3.54. The van der Waals surface area contributed by atoms with E-state index in [-0.39, 0.29) is 0 Å². The molecule has 1 aromatic rings. The molecule has 0 aromatic heterocycles. The van der Waals surface area contributed by atoms with Crippen LogP contribution in [0.15, 0.2) is 24.4 Å². The highest BCUT2D eigenvalue weighted by Gasteiger charge is 2.02. The van der Waals surface area contributed by atoms with E-state index in [0.717, 1.165) is 11.6 Å². The Balaban J connectivity index is 2.54. The number of hydrogen-bond donors (Lipinski definition) is 1. The first-order chi connectivity index (χ1) is 5.36. The van der Waals surface area contributed by atoms with Crippen molar-refractivity contribution in [1.29, 1.82) is 0 Å². The summed E-state index contributed by atoms with van der Waals surface area (Å²) in [7, 11) is 0. The van der Waals surface area contributed by atoms with E-state index >= 15 is 0 Å². The number of halogens is 1. The highest BCUT2D eigenvalue weighted by atomic mass is 35.5. The maximum atomic E-state index is 5.82. The second-order valence-corrected chi connectivity index (χ2v) is 2.99. The molecule has 0 bridgehead atoms. The Morgan fingerprint density at radius 3 is 3.18 bits per heavy atom. The summed E-state index contributed by atoms with van der Waals surface area (Å²) in [5, 5.41) is 3.94. The van der Waals surface area contributed by atoms with Gasteiger partial charge in [0.1, 0.15) is 0 Å². The van der Waals surface area contributed by atoms with Crippen LogP contribution < -0.4 is 5.32 Å². The van der Waals surface area contributed by atoms with Gasteiger partial charge < -0.3 is 5.32 Å². The molecule has 1 heterocycles. The fraction of sp³-hybridized carbons (Fsp3) is 0.111. The molecule has 0 amide bonds. The van der Waals surface area contributed by atoms with Crippen molar-refractivity contribution in [3.05, 3.63) is 40.5 Å². The molecule has 1 aromatic carbocycles. The first-order valence-corrected chi connectivity index (χ1v) is 3.92. The highest BCUT2D eigenvalue weighted by Crippen LogP contribution is 2.19. The number of nitrogens with one attached hydrogen (secondary N) is 1. The molecule has 56 valence electrons. The Kier molecular flexibility index (Phi) is 1.59. The zero-order valence-corrected chi connectivity index (χ0v) is 6.73. The van der Waals surface area contributed by atoms with Crippen LogP contribution in [0.3, 0.4) is 0 Å². The Hall–Kier alpha value is -0.950. The summed E-state index contributed by atoms with van der Waals surface area (Å²) >= 11 is 5.82. The van der Waals surface area contributed by atoms with Crippen molar-refractivity contribution in [2.24, 2.45) is 0 Å². The van der Waals surface area contributed by atoms with E-state index < -0.39 is 0 Å². The summed E-state index contributed by atoms with van der Waals surface area (Å²) in [5.74, 6) is 0. The summed E-state index contributed by atoms with van der Waals surface area (Å²) in [6, 6.07) is 5.95. The molecular formula is C9H8ClN. The molecule has 0 spiro atoms. The lowest BCUT2D eigenvalue weighted by Gasteiger charge is -2.11. The van der Waals surface area contributed by atoms with E-state index in [2.05, 4.69) is 5.32 Å². The van der Waals surface area contributed by atoms with Crippen LogP contribution >= 0.6 is 11.6 Å². The SMILES string of the molecule is Clc1ccc2c(c1)C=CNC2. The average Bonchev–Trinajstić information content (AvgIpc) is 2.04. The maximum absolute atomic E-state index is 5.82. The van der Waals surface area contributed by atoms with E-state index in [1.807, 2.05) is 30.5 Å². The summed E-state index contributed by atoms with van der Waals surface area (Å²) in [5.41, 5.74) is 2.52. The third-order valence-corrected chi connectivity index (χ3v) is 2.02. The number of rotatable bonds is 0. The zero-order valence-electron chi connectivity index (χ0n) is 5.97. The van der Waals surface area contributed by atoms with Gasteiger partial charge in [0.2, 0.25) is 0 Å². The van der Waals surface area contributed by atoms with Crippen molar-refractivity contribution in [1.82, 2.24) is 5.32 Å². The molecule has 0 radical (unpaired) electrons. The van der Waals surface area contributed by atoms with Crippen molar-refractivity contribution in [2.45, 2.75) is 6.54 Å². The van der Waals surface area contributed by atoms with E-state index in [9.17, 15) is 0 Å². The van der Waals surface area contributed by atoms with E-state index in [1.165, 1.54) is 11.1 Å². The molecule has 11 heavy (non-hydrogen) atoms. The van der Waals surface area contributed by atoms with Gasteiger partial charge in [0.05, 0.1) is 0 Å². The lowest BCUT2D eigenvalue weighted by atomic mass is 10.1. The van der Waals surface area contributed by atoms with Crippen LogP contribution in [0.1, 0.15) is 11.1 Å². The molecular weight excluding hydrogens is 158 g/mol. The first kappa shape index (κ1) is 6.74. The normalized spacial score (nSPS) is 13.9. The minimum absolute atomic E-state index is 0.801. The topological polar surface area (TPSA) is 12.0 Å². The largest absolute Gasteiger partial charge is 0.387 e. The van der Waals surface area contributed by atoms with Crippen LogP contribution in [0.2, 0.25) is 5.02 Å². The Bertz CT molecular complexity index is 304. The Morgan fingerprint density at radius 2 is 2.27 bits per heavy atom. The molecule has 0 unspecified atom stereocenters. The smallest absolute Gasteiger partial charge is 0.0412 e. The molecule has 2 heteroatoms. The van der Waals surface area contributed by atoms with Crippen LogP contribution in [0.4, 0.5) is 0 Å². The van der Waals surface area contributed by atoms with E-state index in [1.54, 1.807) is 0 Å². The summed E-state index contributed by atoms with van der Waals surface area (Å²) < 4.78 is 0. The lowest BCUT2D eigenvalue weighted by molar-refractivity contribution is 0.859. The molecule has 0 aliphatic carbocycles. The van der Waals surface area contributed by atoms with Gasteiger partial charge in [-0.05, 0) is 35.5 Å². The van der Waals surface area contributed by atoms with Gasteiger partial charge in [0, 0.05) is 11.6 Å². The van der Waals surface area contributed by atoms with E-state index in [0.29, 0.717) is 0 Å². The molecule has 1 N–H and O–H groups in total. The lowest BCUT2D eigenvalue weighted by Crippen LogP contribution is -2.09. The molecule has 0 atom stereocenters. The third-order valence-electron chi connectivity index (χ3n) is 1.78. The standard InChI is InChI=1S/C9H8ClN/c10-9-2-1-8-6-11-4-3-7(8)5-9/h1-5,11H,6H2. The minimum Gasteiger partial charge on any atom is -0.387 e. The van der Waals surface area contributed by atoms with Gasteiger partial charge in [-0.3, -0.25) is 0 Å². The van der Waals surface area contributed by atoms with Gasteiger partial charge in [-0.2, -0.15) is 0 Å². The van der Waals surface area contributed by atoms with Crippen molar-refractivity contribution in [3.63, 3.8) is 0 Å². The van der Waals surface area contributed by atoms with Gasteiger partial charge in [0.15, 0.2) is 0 Å². The number of benzene rings is 1. The van der Waals surface area contributed by atoms with Crippen molar-refractivity contribution in [2.75, 3.05) is 0 Å².